The molecule has 97 valence electrons. The highest BCUT2D eigenvalue weighted by atomic mass is 19.1. The summed E-state index contributed by atoms with van der Waals surface area (Å²) in [6.07, 6.45) is 2.71. The zero-order valence-electron chi connectivity index (χ0n) is 10.6. The molecule has 0 aliphatic carbocycles. The Kier molecular flexibility index (Phi) is 4.48. The lowest BCUT2D eigenvalue weighted by Crippen LogP contribution is -2.36. The molecule has 1 saturated heterocycles. The lowest BCUT2D eigenvalue weighted by molar-refractivity contribution is 0.0841. The fourth-order valence-corrected chi connectivity index (χ4v) is 2.49. The molecule has 1 heterocycles. The first-order valence-corrected chi connectivity index (χ1v) is 6.52. The summed E-state index contributed by atoms with van der Waals surface area (Å²) in [6.45, 7) is 6.79. The summed E-state index contributed by atoms with van der Waals surface area (Å²) in [5.41, 5.74) is 0.631. The van der Waals surface area contributed by atoms with E-state index in [9.17, 15) is 9.18 Å². The number of hydrogen-bond acceptors (Lipinski definition) is 2. The summed E-state index contributed by atoms with van der Waals surface area (Å²) in [5, 5.41) is 0. The van der Waals surface area contributed by atoms with E-state index in [1.54, 1.807) is 12.1 Å². The summed E-state index contributed by atoms with van der Waals surface area (Å²) in [6, 6.07) is 5.87. The molecule has 3 heteroatoms. The number of likely N-dealkylation sites (tertiary alicyclic amines) is 1. The molecule has 1 aliphatic heterocycles. The number of nitrogens with zero attached hydrogens (tertiary/aromatic N) is 1. The van der Waals surface area contributed by atoms with Crippen LogP contribution < -0.4 is 0 Å². The third-order valence-electron chi connectivity index (χ3n) is 3.56. The molecule has 2 rings (SSSR count). The number of hydrogen-bond donors (Lipinski definition) is 0. The standard InChI is InChI=1S/C15H19FNO/c1-2-9-17-10-7-13(8-11-17)15(18)12-3-5-14(16)6-4-12/h3-6,13H,1-2,7-11H2. The zero-order valence-corrected chi connectivity index (χ0v) is 10.6. The summed E-state index contributed by atoms with van der Waals surface area (Å²) in [7, 11) is 0. The minimum absolute atomic E-state index is 0.0940. The topological polar surface area (TPSA) is 20.3 Å². The van der Waals surface area contributed by atoms with Crippen molar-refractivity contribution in [2.75, 3.05) is 19.6 Å². The number of piperidine rings is 1. The van der Waals surface area contributed by atoms with Gasteiger partial charge in [-0.15, -0.1) is 0 Å². The molecule has 1 aromatic carbocycles. The highest BCUT2D eigenvalue weighted by molar-refractivity contribution is 5.97. The second-order valence-electron chi connectivity index (χ2n) is 4.84. The second kappa shape index (κ2) is 6.10. The molecule has 1 radical (unpaired) electrons. The van der Waals surface area contributed by atoms with Crippen LogP contribution in [-0.4, -0.2) is 30.3 Å². The monoisotopic (exact) mass is 248 g/mol. The maximum absolute atomic E-state index is 12.8. The fraction of sp³-hybridized carbons (Fsp3) is 0.467. The van der Waals surface area contributed by atoms with E-state index in [-0.39, 0.29) is 17.5 Å². The first kappa shape index (κ1) is 13.2. The molecular weight excluding hydrogens is 229 g/mol. The van der Waals surface area contributed by atoms with Gasteiger partial charge < -0.3 is 4.90 Å². The molecule has 0 bridgehead atoms. The maximum atomic E-state index is 12.8. The molecule has 0 spiro atoms. The summed E-state index contributed by atoms with van der Waals surface area (Å²) >= 11 is 0. The van der Waals surface area contributed by atoms with Gasteiger partial charge in [0.1, 0.15) is 5.82 Å². The normalized spacial score (nSPS) is 17.9. The van der Waals surface area contributed by atoms with Gasteiger partial charge in [-0.25, -0.2) is 4.39 Å². The van der Waals surface area contributed by atoms with Gasteiger partial charge in [-0.1, -0.05) is 6.92 Å². The van der Waals surface area contributed by atoms with E-state index in [4.69, 9.17) is 0 Å². The molecule has 0 aromatic heterocycles. The van der Waals surface area contributed by atoms with Gasteiger partial charge in [-0.05, 0) is 63.2 Å². The lowest BCUT2D eigenvalue weighted by Gasteiger charge is -2.30. The third kappa shape index (κ3) is 3.16. The summed E-state index contributed by atoms with van der Waals surface area (Å²) in [5.74, 6) is -0.0439. The van der Waals surface area contributed by atoms with Crippen molar-refractivity contribution in [1.82, 2.24) is 4.90 Å². The van der Waals surface area contributed by atoms with E-state index < -0.39 is 0 Å². The Bertz CT molecular complexity index is 393. The van der Waals surface area contributed by atoms with Gasteiger partial charge in [-0.2, -0.15) is 0 Å². The number of halogens is 1. The van der Waals surface area contributed by atoms with Crippen molar-refractivity contribution in [3.63, 3.8) is 0 Å². The smallest absolute Gasteiger partial charge is 0.166 e. The van der Waals surface area contributed by atoms with Crippen molar-refractivity contribution in [3.8, 4) is 0 Å². The van der Waals surface area contributed by atoms with E-state index >= 15 is 0 Å². The first-order valence-electron chi connectivity index (χ1n) is 6.52. The fourth-order valence-electron chi connectivity index (χ4n) is 2.49. The Balaban J connectivity index is 1.93. The van der Waals surface area contributed by atoms with Crippen molar-refractivity contribution in [3.05, 3.63) is 42.6 Å². The minimum atomic E-state index is -0.295. The van der Waals surface area contributed by atoms with Crippen molar-refractivity contribution in [1.29, 1.82) is 0 Å². The van der Waals surface area contributed by atoms with Crippen molar-refractivity contribution in [2.24, 2.45) is 5.92 Å². The van der Waals surface area contributed by atoms with Gasteiger partial charge >= 0.3 is 0 Å². The van der Waals surface area contributed by atoms with Crippen molar-refractivity contribution >= 4 is 5.78 Å². The van der Waals surface area contributed by atoms with Crippen molar-refractivity contribution < 1.29 is 9.18 Å². The Labute approximate surface area is 108 Å². The molecule has 0 atom stereocenters. The van der Waals surface area contributed by atoms with E-state index in [1.165, 1.54) is 12.1 Å². The second-order valence-corrected chi connectivity index (χ2v) is 4.84. The van der Waals surface area contributed by atoms with Crippen LogP contribution in [0.3, 0.4) is 0 Å². The molecule has 0 saturated carbocycles. The van der Waals surface area contributed by atoms with Crippen LogP contribution in [0.4, 0.5) is 4.39 Å². The first-order chi connectivity index (χ1) is 8.70. The number of rotatable bonds is 4. The predicted octanol–water partition coefficient (Wildman–Crippen LogP) is 2.94. The molecule has 1 aromatic rings. The van der Waals surface area contributed by atoms with Crippen LogP contribution in [0.5, 0.6) is 0 Å². The highest BCUT2D eigenvalue weighted by Crippen LogP contribution is 2.22. The number of ketones is 1. The van der Waals surface area contributed by atoms with Gasteiger partial charge in [0.05, 0.1) is 0 Å². The molecule has 0 amide bonds. The molecule has 0 N–H and O–H groups in total. The van der Waals surface area contributed by atoms with E-state index in [0.29, 0.717) is 5.56 Å². The zero-order chi connectivity index (χ0) is 13.0. The molecule has 1 aliphatic rings. The minimum Gasteiger partial charge on any atom is -0.303 e. The largest absolute Gasteiger partial charge is 0.303 e. The average Bonchev–Trinajstić information content (AvgIpc) is 2.40. The maximum Gasteiger partial charge on any atom is 0.166 e. The SMILES string of the molecule is [CH2]CCN1CCC(C(=O)c2ccc(F)cc2)CC1. The summed E-state index contributed by atoms with van der Waals surface area (Å²) < 4.78 is 12.8. The van der Waals surface area contributed by atoms with Gasteiger partial charge in [0.2, 0.25) is 0 Å². The van der Waals surface area contributed by atoms with Crippen LogP contribution in [0.15, 0.2) is 24.3 Å². The van der Waals surface area contributed by atoms with Gasteiger partial charge in [-0.3, -0.25) is 4.79 Å². The van der Waals surface area contributed by atoms with Crippen LogP contribution in [0.2, 0.25) is 0 Å². The Morgan fingerprint density at radius 1 is 1.28 bits per heavy atom. The van der Waals surface area contributed by atoms with E-state index in [0.717, 1.165) is 38.9 Å². The molecule has 18 heavy (non-hydrogen) atoms. The van der Waals surface area contributed by atoms with Gasteiger partial charge in [0, 0.05) is 11.5 Å². The third-order valence-corrected chi connectivity index (χ3v) is 3.56. The van der Waals surface area contributed by atoms with Gasteiger partial charge in [0.15, 0.2) is 5.78 Å². The van der Waals surface area contributed by atoms with Crippen LogP contribution in [0, 0.1) is 18.7 Å². The van der Waals surface area contributed by atoms with Crippen LogP contribution in [0.1, 0.15) is 29.6 Å². The van der Waals surface area contributed by atoms with Crippen LogP contribution in [-0.2, 0) is 0 Å². The number of Topliss-reactive ketones (excluding diaryl/α,β-unsaturated/α-hetero) is 1. The van der Waals surface area contributed by atoms with E-state index in [1.807, 2.05) is 0 Å². The molecule has 1 fully saturated rings. The quantitative estimate of drug-likeness (QED) is 0.764. The summed E-state index contributed by atoms with van der Waals surface area (Å²) in [4.78, 5) is 14.6. The van der Waals surface area contributed by atoms with Crippen LogP contribution >= 0.6 is 0 Å². The Hall–Kier alpha value is -1.22. The molecular formula is C15H19FNO. The molecule has 0 unspecified atom stereocenters. The van der Waals surface area contributed by atoms with Crippen molar-refractivity contribution in [2.45, 2.75) is 19.3 Å². The lowest BCUT2D eigenvalue weighted by atomic mass is 9.89. The predicted molar refractivity (Wildman–Crippen MR) is 69.9 cm³/mol. The van der Waals surface area contributed by atoms with Crippen LogP contribution in [0.25, 0.3) is 0 Å². The van der Waals surface area contributed by atoms with E-state index in [2.05, 4.69) is 11.8 Å². The average molecular weight is 248 g/mol. The Morgan fingerprint density at radius 3 is 2.44 bits per heavy atom. The Morgan fingerprint density at radius 2 is 1.89 bits per heavy atom. The van der Waals surface area contributed by atoms with Gasteiger partial charge in [0.25, 0.3) is 0 Å². The number of benzene rings is 1. The highest BCUT2D eigenvalue weighted by Gasteiger charge is 2.25. The number of carbonyl (C=O) groups is 1. The molecule has 2 nitrogen and oxygen atoms in total. The number of carbonyl (C=O) groups excluding carboxylic acids is 1.